The van der Waals surface area contributed by atoms with Gasteiger partial charge in [-0.25, -0.2) is 4.99 Å². The topological polar surface area (TPSA) is 61.8 Å². The molecule has 1 heterocycles. The fraction of sp³-hybridized carbons (Fsp3) is 0.348. The maximum atomic E-state index is 12.8. The van der Waals surface area contributed by atoms with E-state index < -0.39 is 5.25 Å². The number of benzene rings is 2. The van der Waals surface area contributed by atoms with Gasteiger partial charge in [0.25, 0.3) is 0 Å². The Morgan fingerprint density at radius 1 is 1.07 bits per heavy atom. The van der Waals surface area contributed by atoms with Gasteiger partial charge >= 0.3 is 0 Å². The van der Waals surface area contributed by atoms with Gasteiger partial charge in [0.1, 0.15) is 5.25 Å². The van der Waals surface area contributed by atoms with Crippen LogP contribution in [0.5, 0.6) is 0 Å². The number of nitrogens with one attached hydrogen (secondary N) is 1. The Hall–Kier alpha value is -2.60. The van der Waals surface area contributed by atoms with E-state index in [0.29, 0.717) is 11.7 Å². The summed E-state index contributed by atoms with van der Waals surface area (Å²) in [5, 5.41) is 3.18. The second kappa shape index (κ2) is 8.82. The Morgan fingerprint density at radius 2 is 1.76 bits per heavy atom. The number of para-hydroxylation sites is 1. The number of anilines is 1. The largest absolute Gasteiger partial charge is 0.326 e. The molecular weight excluding hydrogens is 382 g/mol. The van der Waals surface area contributed by atoms with Crippen molar-refractivity contribution in [2.24, 2.45) is 4.99 Å². The Morgan fingerprint density at radius 3 is 2.38 bits per heavy atom. The van der Waals surface area contributed by atoms with Crippen LogP contribution in [0.2, 0.25) is 0 Å². The number of rotatable bonds is 5. The summed E-state index contributed by atoms with van der Waals surface area (Å²) in [7, 11) is 0. The van der Waals surface area contributed by atoms with E-state index in [1.807, 2.05) is 64.1 Å². The molecule has 0 aliphatic carbocycles. The van der Waals surface area contributed by atoms with Crippen LogP contribution in [0.15, 0.2) is 41.4 Å². The molecule has 3 rings (SSSR count). The normalized spacial score (nSPS) is 17.8. The molecule has 0 spiro atoms. The highest BCUT2D eigenvalue weighted by Crippen LogP contribution is 2.32. The van der Waals surface area contributed by atoms with Gasteiger partial charge in [0.2, 0.25) is 11.8 Å². The van der Waals surface area contributed by atoms with Crippen LogP contribution in [0.1, 0.15) is 35.6 Å². The molecule has 1 aliphatic rings. The van der Waals surface area contributed by atoms with Crippen molar-refractivity contribution >= 4 is 40.1 Å². The monoisotopic (exact) mass is 409 g/mol. The van der Waals surface area contributed by atoms with E-state index in [1.165, 1.54) is 17.3 Å². The maximum Gasteiger partial charge on any atom is 0.242 e. The SMILES string of the molecule is CCN1C(=O)[C@@H](CC(=O)Nc2c(C)cccc2C)SC1=Nc1ccc(C)c(C)c1. The van der Waals surface area contributed by atoms with E-state index >= 15 is 0 Å². The van der Waals surface area contributed by atoms with Crippen molar-refractivity contribution in [2.45, 2.75) is 46.3 Å². The molecule has 0 unspecified atom stereocenters. The highest BCUT2D eigenvalue weighted by atomic mass is 32.2. The van der Waals surface area contributed by atoms with Gasteiger partial charge in [0, 0.05) is 18.7 Å². The van der Waals surface area contributed by atoms with Gasteiger partial charge in [0.05, 0.1) is 5.69 Å². The number of amides is 2. The van der Waals surface area contributed by atoms with Crippen LogP contribution in [0.25, 0.3) is 0 Å². The lowest BCUT2D eigenvalue weighted by Gasteiger charge is -2.14. The molecule has 0 aromatic heterocycles. The van der Waals surface area contributed by atoms with Gasteiger partial charge < -0.3 is 5.32 Å². The predicted molar refractivity (Wildman–Crippen MR) is 121 cm³/mol. The zero-order valence-electron chi connectivity index (χ0n) is 17.6. The number of thioether (sulfide) groups is 1. The van der Waals surface area contributed by atoms with Crippen molar-refractivity contribution in [3.05, 3.63) is 58.7 Å². The molecule has 1 saturated heterocycles. The molecule has 1 fully saturated rings. The summed E-state index contributed by atoms with van der Waals surface area (Å²) in [6.45, 7) is 10.5. The van der Waals surface area contributed by atoms with Crippen LogP contribution < -0.4 is 5.32 Å². The Bertz CT molecular complexity index is 964. The number of aliphatic imine (C=N–C) groups is 1. The van der Waals surface area contributed by atoms with Gasteiger partial charge in [-0.15, -0.1) is 0 Å². The van der Waals surface area contributed by atoms with Crippen molar-refractivity contribution in [1.29, 1.82) is 0 Å². The van der Waals surface area contributed by atoms with Crippen LogP contribution in [0, 0.1) is 27.7 Å². The molecule has 0 saturated carbocycles. The third-order valence-corrected chi connectivity index (χ3v) is 6.34. The second-order valence-corrected chi connectivity index (χ2v) is 8.54. The summed E-state index contributed by atoms with van der Waals surface area (Å²) in [4.78, 5) is 31.8. The molecule has 5 nitrogen and oxygen atoms in total. The second-order valence-electron chi connectivity index (χ2n) is 7.37. The fourth-order valence-corrected chi connectivity index (χ4v) is 4.51. The summed E-state index contributed by atoms with van der Waals surface area (Å²) >= 11 is 1.37. The molecule has 0 bridgehead atoms. The van der Waals surface area contributed by atoms with Crippen molar-refractivity contribution in [1.82, 2.24) is 4.90 Å². The van der Waals surface area contributed by atoms with Gasteiger partial charge in [-0.05, 0) is 69.0 Å². The average molecular weight is 410 g/mol. The molecule has 2 amide bonds. The van der Waals surface area contributed by atoms with E-state index in [2.05, 4.69) is 17.2 Å². The third kappa shape index (κ3) is 4.70. The van der Waals surface area contributed by atoms with Crippen LogP contribution in [0.4, 0.5) is 11.4 Å². The number of nitrogens with zero attached hydrogens (tertiary/aromatic N) is 2. The van der Waals surface area contributed by atoms with E-state index in [-0.39, 0.29) is 18.2 Å². The van der Waals surface area contributed by atoms with Gasteiger partial charge in [-0.3, -0.25) is 14.5 Å². The number of aryl methyl sites for hydroxylation is 4. The lowest BCUT2D eigenvalue weighted by molar-refractivity contribution is -0.128. The number of carbonyl (C=O) groups excluding carboxylic acids is 2. The fourth-order valence-electron chi connectivity index (χ4n) is 3.29. The Balaban J connectivity index is 1.75. The van der Waals surface area contributed by atoms with Crippen LogP contribution in [-0.2, 0) is 9.59 Å². The van der Waals surface area contributed by atoms with Crippen molar-refractivity contribution in [3.63, 3.8) is 0 Å². The van der Waals surface area contributed by atoms with Gasteiger partial charge in [-0.2, -0.15) is 0 Å². The summed E-state index contributed by atoms with van der Waals surface area (Å²) in [6.07, 6.45) is 0.125. The minimum Gasteiger partial charge on any atom is -0.326 e. The molecule has 152 valence electrons. The van der Waals surface area contributed by atoms with Crippen LogP contribution in [0.3, 0.4) is 0 Å². The standard InChI is InChI=1S/C23H27N3O2S/c1-6-26-22(28)19(13-20(27)25-21-15(3)8-7-9-16(21)4)29-23(26)24-18-11-10-14(2)17(5)12-18/h7-12,19H,6,13H2,1-5H3,(H,25,27)/t19-/m1/s1. The first-order valence-electron chi connectivity index (χ1n) is 9.80. The lowest BCUT2D eigenvalue weighted by Crippen LogP contribution is -2.33. The Labute approximate surface area is 176 Å². The minimum atomic E-state index is -0.454. The summed E-state index contributed by atoms with van der Waals surface area (Å²) < 4.78 is 0. The first kappa shape index (κ1) is 21.1. The zero-order valence-corrected chi connectivity index (χ0v) is 18.4. The van der Waals surface area contributed by atoms with Crippen molar-refractivity contribution in [2.75, 3.05) is 11.9 Å². The molecule has 6 heteroatoms. The quantitative estimate of drug-likeness (QED) is 0.764. The summed E-state index contributed by atoms with van der Waals surface area (Å²) in [5.74, 6) is -0.214. The van der Waals surface area contributed by atoms with Crippen molar-refractivity contribution in [3.8, 4) is 0 Å². The van der Waals surface area contributed by atoms with E-state index in [9.17, 15) is 9.59 Å². The Kier molecular flexibility index (Phi) is 6.42. The van der Waals surface area contributed by atoms with E-state index in [4.69, 9.17) is 0 Å². The molecule has 1 atom stereocenters. The first-order valence-corrected chi connectivity index (χ1v) is 10.7. The molecule has 29 heavy (non-hydrogen) atoms. The first-order chi connectivity index (χ1) is 13.8. The number of carbonyl (C=O) groups is 2. The van der Waals surface area contributed by atoms with E-state index in [1.54, 1.807) is 4.90 Å². The smallest absolute Gasteiger partial charge is 0.242 e. The number of hydrogen-bond donors (Lipinski definition) is 1. The highest BCUT2D eigenvalue weighted by molar-refractivity contribution is 8.15. The molecule has 0 radical (unpaired) electrons. The minimum absolute atomic E-state index is 0.0586. The van der Waals surface area contributed by atoms with Gasteiger partial charge in [-0.1, -0.05) is 36.0 Å². The zero-order chi connectivity index (χ0) is 21.1. The van der Waals surface area contributed by atoms with Gasteiger partial charge in [0.15, 0.2) is 5.17 Å². The van der Waals surface area contributed by atoms with Crippen LogP contribution in [-0.4, -0.2) is 33.7 Å². The lowest BCUT2D eigenvalue weighted by atomic mass is 10.1. The average Bonchev–Trinajstić information content (AvgIpc) is 2.95. The maximum absolute atomic E-state index is 12.8. The summed E-state index contributed by atoms with van der Waals surface area (Å²) in [5.41, 5.74) is 6.03. The van der Waals surface area contributed by atoms with Crippen LogP contribution >= 0.6 is 11.8 Å². The molecule has 2 aromatic carbocycles. The predicted octanol–water partition coefficient (Wildman–Crippen LogP) is 4.90. The number of hydrogen-bond acceptors (Lipinski definition) is 4. The highest BCUT2D eigenvalue weighted by Gasteiger charge is 2.38. The third-order valence-electron chi connectivity index (χ3n) is 5.17. The van der Waals surface area contributed by atoms with E-state index in [0.717, 1.165) is 28.1 Å². The van der Waals surface area contributed by atoms with Crippen molar-refractivity contribution < 1.29 is 9.59 Å². The molecule has 2 aromatic rings. The summed E-state index contributed by atoms with van der Waals surface area (Å²) in [6, 6.07) is 11.9. The molecule has 1 N–H and O–H groups in total. The number of amidine groups is 1. The molecule has 1 aliphatic heterocycles. The molecular formula is C23H27N3O2S.